The van der Waals surface area contributed by atoms with E-state index >= 15 is 0 Å². The molecule has 0 heterocycles. The van der Waals surface area contributed by atoms with Crippen molar-refractivity contribution in [1.29, 1.82) is 0 Å². The van der Waals surface area contributed by atoms with E-state index in [1.54, 1.807) is 12.1 Å². The lowest BCUT2D eigenvalue weighted by molar-refractivity contribution is 0.365. The van der Waals surface area contributed by atoms with Crippen molar-refractivity contribution >= 4 is 31.9 Å². The monoisotopic (exact) mass is 452 g/mol. The normalized spacial score (nSPS) is 17.9. The number of aromatic hydroxyl groups is 2. The van der Waals surface area contributed by atoms with Crippen molar-refractivity contribution in [1.82, 2.24) is 0 Å². The van der Waals surface area contributed by atoms with Crippen molar-refractivity contribution in [3.63, 3.8) is 0 Å². The zero-order valence-corrected chi connectivity index (χ0v) is 16.7. The van der Waals surface area contributed by atoms with Crippen LogP contribution in [-0.2, 0) is 5.41 Å². The molecule has 1 aliphatic carbocycles. The molecule has 0 saturated heterocycles. The molecule has 0 bridgehead atoms. The molecule has 0 unspecified atom stereocenters. The van der Waals surface area contributed by atoms with Crippen LogP contribution in [0.4, 0.5) is 0 Å². The fourth-order valence-corrected chi connectivity index (χ4v) is 4.62. The Balaban J connectivity index is 2.14. The van der Waals surface area contributed by atoms with E-state index in [9.17, 15) is 10.2 Å². The summed E-state index contributed by atoms with van der Waals surface area (Å²) in [5, 5.41) is 19.8. The van der Waals surface area contributed by atoms with Gasteiger partial charge in [0, 0.05) is 5.41 Å². The lowest BCUT2D eigenvalue weighted by atomic mass is 9.67. The number of benzene rings is 2. The van der Waals surface area contributed by atoms with E-state index in [0.717, 1.165) is 21.8 Å². The fourth-order valence-electron chi connectivity index (χ4n) is 3.86. The van der Waals surface area contributed by atoms with E-state index in [0.29, 0.717) is 0 Å². The molecule has 1 aliphatic rings. The first-order valence-electron chi connectivity index (χ1n) is 8.51. The average Bonchev–Trinajstić information content (AvgIpc) is 2.53. The van der Waals surface area contributed by atoms with Gasteiger partial charge in [-0.1, -0.05) is 44.2 Å². The minimum absolute atomic E-state index is 0.0765. The van der Waals surface area contributed by atoms with E-state index in [1.807, 2.05) is 12.1 Å². The first-order chi connectivity index (χ1) is 11.5. The SMILES string of the molecule is Oc1ccc(C2(c3ccc(O)c(Br)c3)CCCCCCC2)cc1Br. The van der Waals surface area contributed by atoms with Crippen LogP contribution in [0.15, 0.2) is 45.3 Å². The van der Waals surface area contributed by atoms with Crippen molar-refractivity contribution in [2.24, 2.45) is 0 Å². The molecule has 0 aromatic heterocycles. The number of phenols is 2. The van der Waals surface area contributed by atoms with Crippen molar-refractivity contribution in [2.45, 2.75) is 50.4 Å². The van der Waals surface area contributed by atoms with Gasteiger partial charge in [0.05, 0.1) is 8.95 Å². The van der Waals surface area contributed by atoms with E-state index in [4.69, 9.17) is 0 Å². The Kier molecular flexibility index (Phi) is 5.56. The highest BCUT2D eigenvalue weighted by molar-refractivity contribution is 9.10. The van der Waals surface area contributed by atoms with Crippen molar-refractivity contribution in [3.8, 4) is 11.5 Å². The Morgan fingerprint density at radius 1 is 0.667 bits per heavy atom. The summed E-state index contributed by atoms with van der Waals surface area (Å²) in [4.78, 5) is 0. The van der Waals surface area contributed by atoms with Crippen LogP contribution in [0, 0.1) is 0 Å². The molecule has 24 heavy (non-hydrogen) atoms. The smallest absolute Gasteiger partial charge is 0.129 e. The van der Waals surface area contributed by atoms with Crippen molar-refractivity contribution in [3.05, 3.63) is 56.5 Å². The van der Waals surface area contributed by atoms with Gasteiger partial charge < -0.3 is 10.2 Å². The third kappa shape index (κ3) is 3.50. The third-order valence-electron chi connectivity index (χ3n) is 5.21. The van der Waals surface area contributed by atoms with Gasteiger partial charge >= 0.3 is 0 Å². The van der Waals surface area contributed by atoms with Gasteiger partial charge in [-0.2, -0.15) is 0 Å². The average molecular weight is 454 g/mol. The maximum Gasteiger partial charge on any atom is 0.129 e. The minimum atomic E-state index is -0.0765. The van der Waals surface area contributed by atoms with Crippen LogP contribution >= 0.6 is 31.9 Å². The zero-order chi connectivity index (χ0) is 17.2. The van der Waals surface area contributed by atoms with Gasteiger partial charge in [0.15, 0.2) is 0 Å². The quantitative estimate of drug-likeness (QED) is 0.534. The third-order valence-corrected chi connectivity index (χ3v) is 6.48. The second-order valence-electron chi connectivity index (χ2n) is 6.68. The highest BCUT2D eigenvalue weighted by Crippen LogP contribution is 2.46. The van der Waals surface area contributed by atoms with Crippen LogP contribution in [0.5, 0.6) is 11.5 Å². The molecule has 0 amide bonds. The largest absolute Gasteiger partial charge is 0.507 e. The highest BCUT2D eigenvalue weighted by Gasteiger charge is 2.35. The molecule has 1 fully saturated rings. The van der Waals surface area contributed by atoms with Gasteiger partial charge in [0.1, 0.15) is 11.5 Å². The van der Waals surface area contributed by atoms with Gasteiger partial charge in [0.2, 0.25) is 0 Å². The molecule has 2 N–H and O–H groups in total. The zero-order valence-electron chi connectivity index (χ0n) is 13.6. The molecule has 2 nitrogen and oxygen atoms in total. The Hall–Kier alpha value is -1.00. The van der Waals surface area contributed by atoms with Crippen LogP contribution in [0.2, 0.25) is 0 Å². The topological polar surface area (TPSA) is 40.5 Å². The van der Waals surface area contributed by atoms with E-state index in [1.165, 1.54) is 43.2 Å². The molecular formula is C20H22Br2O2. The van der Waals surface area contributed by atoms with Crippen LogP contribution in [0.1, 0.15) is 56.1 Å². The fraction of sp³-hybridized carbons (Fsp3) is 0.400. The van der Waals surface area contributed by atoms with Crippen molar-refractivity contribution < 1.29 is 10.2 Å². The van der Waals surface area contributed by atoms with Gasteiger partial charge in [-0.05, 0) is 80.1 Å². The van der Waals surface area contributed by atoms with Gasteiger partial charge in [-0.15, -0.1) is 0 Å². The van der Waals surface area contributed by atoms with Gasteiger partial charge in [-0.3, -0.25) is 0 Å². The molecule has 128 valence electrons. The summed E-state index contributed by atoms with van der Waals surface area (Å²) in [7, 11) is 0. The summed E-state index contributed by atoms with van der Waals surface area (Å²) in [5.41, 5.74) is 2.38. The number of rotatable bonds is 2. The summed E-state index contributed by atoms with van der Waals surface area (Å²) in [6.45, 7) is 0. The molecular weight excluding hydrogens is 432 g/mol. The molecule has 0 aliphatic heterocycles. The van der Waals surface area contributed by atoms with Gasteiger partial charge in [0.25, 0.3) is 0 Å². The summed E-state index contributed by atoms with van der Waals surface area (Å²) < 4.78 is 1.47. The number of phenolic OH excluding ortho intramolecular Hbond substituents is 2. The Morgan fingerprint density at radius 2 is 1.08 bits per heavy atom. The molecule has 4 heteroatoms. The summed E-state index contributed by atoms with van der Waals surface area (Å²) in [6, 6.07) is 11.7. The number of hydrogen-bond acceptors (Lipinski definition) is 2. The molecule has 2 aromatic carbocycles. The maximum atomic E-state index is 9.89. The Morgan fingerprint density at radius 3 is 1.50 bits per heavy atom. The van der Waals surface area contributed by atoms with Crippen LogP contribution in [0.3, 0.4) is 0 Å². The summed E-state index contributed by atoms with van der Waals surface area (Å²) in [5.74, 6) is 0.540. The first-order valence-corrected chi connectivity index (χ1v) is 10.1. The Labute approximate surface area is 160 Å². The molecule has 0 radical (unpaired) electrons. The number of hydrogen-bond donors (Lipinski definition) is 2. The van der Waals surface area contributed by atoms with E-state index < -0.39 is 0 Å². The lowest BCUT2D eigenvalue weighted by Crippen LogP contribution is -2.29. The summed E-state index contributed by atoms with van der Waals surface area (Å²) in [6.07, 6.45) is 8.39. The molecule has 3 rings (SSSR count). The van der Waals surface area contributed by atoms with Crippen LogP contribution < -0.4 is 0 Å². The molecule has 0 spiro atoms. The standard InChI is InChI=1S/C20H22Br2O2/c21-16-12-14(6-8-18(16)23)20(10-4-2-1-3-5-11-20)15-7-9-19(24)17(22)13-15/h6-9,12-13,23-24H,1-5,10-11H2. The predicted octanol–water partition coefficient (Wildman–Crippen LogP) is 6.65. The number of halogens is 2. The van der Waals surface area contributed by atoms with Gasteiger partial charge in [-0.25, -0.2) is 0 Å². The second kappa shape index (κ2) is 7.49. The lowest BCUT2D eigenvalue weighted by Gasteiger charge is -2.37. The second-order valence-corrected chi connectivity index (χ2v) is 8.39. The molecule has 2 aromatic rings. The predicted molar refractivity (Wildman–Crippen MR) is 105 cm³/mol. The maximum absolute atomic E-state index is 9.89. The highest BCUT2D eigenvalue weighted by atomic mass is 79.9. The van der Waals surface area contributed by atoms with Crippen molar-refractivity contribution in [2.75, 3.05) is 0 Å². The van der Waals surface area contributed by atoms with Crippen LogP contribution in [0.25, 0.3) is 0 Å². The first kappa shape index (κ1) is 17.8. The van der Waals surface area contributed by atoms with E-state index in [2.05, 4.69) is 44.0 Å². The van der Waals surface area contributed by atoms with E-state index in [-0.39, 0.29) is 16.9 Å². The molecule has 0 atom stereocenters. The minimum Gasteiger partial charge on any atom is -0.507 e. The molecule has 1 saturated carbocycles. The Bertz CT molecular complexity index is 666. The van der Waals surface area contributed by atoms with Crippen LogP contribution in [-0.4, -0.2) is 10.2 Å². The summed E-state index contributed by atoms with van der Waals surface area (Å²) >= 11 is 6.94.